The van der Waals surface area contributed by atoms with E-state index in [9.17, 15) is 5.11 Å². The lowest BCUT2D eigenvalue weighted by Crippen LogP contribution is -2.45. The average Bonchev–Trinajstić information content (AvgIpc) is 2.88. The van der Waals surface area contributed by atoms with Crippen LogP contribution in [0.4, 0.5) is 0 Å². The van der Waals surface area contributed by atoms with Gasteiger partial charge in [-0.1, -0.05) is 18.6 Å². The summed E-state index contributed by atoms with van der Waals surface area (Å²) < 4.78 is 0. The molecule has 1 aromatic carbocycles. The van der Waals surface area contributed by atoms with Crippen LogP contribution < -0.4 is 0 Å². The van der Waals surface area contributed by atoms with E-state index in [0.717, 1.165) is 19.5 Å². The van der Waals surface area contributed by atoms with E-state index in [1.165, 1.54) is 29.3 Å². The predicted octanol–water partition coefficient (Wildman–Crippen LogP) is 2.90. The number of hydrogen-bond donors (Lipinski definition) is 2. The van der Waals surface area contributed by atoms with Crippen molar-refractivity contribution in [3.63, 3.8) is 0 Å². The number of H-pyrrole nitrogens is 1. The third-order valence-electron chi connectivity index (χ3n) is 4.28. The normalized spacial score (nSPS) is 22.7. The van der Waals surface area contributed by atoms with Crippen LogP contribution in [-0.2, 0) is 6.54 Å². The number of aliphatic hydroxyl groups is 1. The highest BCUT2D eigenvalue weighted by Crippen LogP contribution is 2.25. The zero-order chi connectivity index (χ0) is 13.2. The first kappa shape index (κ1) is 12.7. The number of piperidine rings is 1. The second-order valence-electron chi connectivity index (χ2n) is 5.63. The van der Waals surface area contributed by atoms with Crippen molar-refractivity contribution in [3.8, 4) is 0 Å². The maximum Gasteiger partial charge on any atom is 0.0667 e. The summed E-state index contributed by atoms with van der Waals surface area (Å²) in [6.07, 6.45) is 5.34. The molecule has 0 spiro atoms. The molecule has 0 bridgehead atoms. The minimum Gasteiger partial charge on any atom is -0.392 e. The Kier molecular flexibility index (Phi) is 3.58. The van der Waals surface area contributed by atoms with E-state index in [4.69, 9.17) is 0 Å². The van der Waals surface area contributed by atoms with E-state index in [0.29, 0.717) is 6.04 Å². The number of rotatable bonds is 3. The molecule has 1 saturated heterocycles. The lowest BCUT2D eigenvalue weighted by molar-refractivity contribution is 0.0319. The first-order chi connectivity index (χ1) is 9.25. The van der Waals surface area contributed by atoms with E-state index < -0.39 is 0 Å². The maximum atomic E-state index is 9.95. The Bertz CT molecular complexity index is 546. The van der Waals surface area contributed by atoms with Crippen LogP contribution in [0.3, 0.4) is 0 Å². The van der Waals surface area contributed by atoms with Gasteiger partial charge in [0.15, 0.2) is 0 Å². The van der Waals surface area contributed by atoms with Crippen molar-refractivity contribution >= 4 is 10.9 Å². The Morgan fingerprint density at radius 3 is 3.11 bits per heavy atom. The monoisotopic (exact) mass is 258 g/mol. The summed E-state index contributed by atoms with van der Waals surface area (Å²) in [5, 5.41) is 11.3. The molecule has 2 unspecified atom stereocenters. The Morgan fingerprint density at radius 1 is 1.37 bits per heavy atom. The molecule has 19 heavy (non-hydrogen) atoms. The quantitative estimate of drug-likeness (QED) is 0.888. The molecule has 2 N–H and O–H groups in total. The number of aliphatic hydroxyl groups excluding tert-OH is 1. The smallest absolute Gasteiger partial charge is 0.0667 e. The van der Waals surface area contributed by atoms with Gasteiger partial charge >= 0.3 is 0 Å². The Balaban J connectivity index is 1.85. The van der Waals surface area contributed by atoms with Crippen LogP contribution in [0.15, 0.2) is 30.5 Å². The number of benzene rings is 1. The second kappa shape index (κ2) is 5.35. The molecule has 3 rings (SSSR count). The predicted molar refractivity (Wildman–Crippen MR) is 78.0 cm³/mol. The molecule has 1 aromatic heterocycles. The van der Waals surface area contributed by atoms with Crippen LogP contribution >= 0.6 is 0 Å². The number of hydrogen-bond acceptors (Lipinski definition) is 2. The molecular weight excluding hydrogens is 236 g/mol. The minimum atomic E-state index is -0.245. The molecular formula is C16H22N2O. The third kappa shape index (κ3) is 2.53. The Morgan fingerprint density at radius 2 is 2.26 bits per heavy atom. The molecule has 3 nitrogen and oxygen atoms in total. The highest BCUT2D eigenvalue weighted by atomic mass is 16.3. The van der Waals surface area contributed by atoms with Crippen LogP contribution in [0.5, 0.6) is 0 Å². The van der Waals surface area contributed by atoms with Gasteiger partial charge in [-0.3, -0.25) is 4.90 Å². The number of nitrogens with one attached hydrogen (secondary N) is 1. The molecule has 0 radical (unpaired) electrons. The highest BCUT2D eigenvalue weighted by molar-refractivity contribution is 5.82. The van der Waals surface area contributed by atoms with Crippen molar-refractivity contribution in [1.29, 1.82) is 0 Å². The van der Waals surface area contributed by atoms with Crippen LogP contribution in [0.25, 0.3) is 10.9 Å². The zero-order valence-corrected chi connectivity index (χ0v) is 11.5. The van der Waals surface area contributed by atoms with Gasteiger partial charge in [-0.05, 0) is 44.0 Å². The van der Waals surface area contributed by atoms with Crippen LogP contribution in [0.2, 0.25) is 0 Å². The molecule has 2 atom stereocenters. The Hall–Kier alpha value is -1.32. The second-order valence-corrected chi connectivity index (χ2v) is 5.63. The number of aromatic amines is 1. The van der Waals surface area contributed by atoms with Crippen molar-refractivity contribution in [2.45, 2.75) is 44.9 Å². The van der Waals surface area contributed by atoms with Gasteiger partial charge in [-0.15, -0.1) is 0 Å². The minimum absolute atomic E-state index is 0.245. The van der Waals surface area contributed by atoms with Crippen molar-refractivity contribution < 1.29 is 5.11 Å². The van der Waals surface area contributed by atoms with Gasteiger partial charge in [0.1, 0.15) is 0 Å². The first-order valence-corrected chi connectivity index (χ1v) is 7.23. The van der Waals surface area contributed by atoms with Gasteiger partial charge in [0.2, 0.25) is 0 Å². The molecule has 1 aliphatic heterocycles. The standard InChI is InChI=1S/C16H22N2O/c1-12(19)16-7-2-3-10-18(16)11-13-5-4-6-15-14(13)8-9-17-15/h4-6,8-9,12,16-17,19H,2-3,7,10-11H2,1H3. The lowest BCUT2D eigenvalue weighted by Gasteiger charge is -2.37. The molecule has 1 fully saturated rings. The SMILES string of the molecule is CC(O)C1CCCCN1Cc1cccc2[nH]ccc12. The van der Waals surface area contributed by atoms with Crippen molar-refractivity contribution in [3.05, 3.63) is 36.0 Å². The van der Waals surface area contributed by atoms with E-state index in [-0.39, 0.29) is 6.10 Å². The first-order valence-electron chi connectivity index (χ1n) is 7.23. The van der Waals surface area contributed by atoms with Crippen molar-refractivity contribution in [1.82, 2.24) is 9.88 Å². The van der Waals surface area contributed by atoms with E-state index >= 15 is 0 Å². The molecule has 0 amide bonds. The summed E-state index contributed by atoms with van der Waals surface area (Å²) in [5.41, 5.74) is 2.55. The maximum absolute atomic E-state index is 9.95. The lowest BCUT2D eigenvalue weighted by atomic mass is 9.97. The van der Waals surface area contributed by atoms with Gasteiger partial charge in [0, 0.05) is 29.7 Å². The molecule has 1 aliphatic rings. The largest absolute Gasteiger partial charge is 0.392 e. The van der Waals surface area contributed by atoms with Crippen molar-refractivity contribution in [2.24, 2.45) is 0 Å². The summed E-state index contributed by atoms with van der Waals surface area (Å²) in [7, 11) is 0. The topological polar surface area (TPSA) is 39.3 Å². The van der Waals surface area contributed by atoms with E-state index in [1.54, 1.807) is 0 Å². The molecule has 2 aromatic rings. The summed E-state index contributed by atoms with van der Waals surface area (Å²) in [6.45, 7) is 3.95. The summed E-state index contributed by atoms with van der Waals surface area (Å²) in [6, 6.07) is 8.87. The number of fused-ring (bicyclic) bond motifs is 1. The van der Waals surface area contributed by atoms with Crippen LogP contribution in [-0.4, -0.2) is 33.7 Å². The number of likely N-dealkylation sites (tertiary alicyclic amines) is 1. The highest BCUT2D eigenvalue weighted by Gasteiger charge is 2.26. The van der Waals surface area contributed by atoms with Gasteiger partial charge in [-0.2, -0.15) is 0 Å². The van der Waals surface area contributed by atoms with Gasteiger partial charge in [0.25, 0.3) is 0 Å². The number of nitrogens with zero attached hydrogens (tertiary/aromatic N) is 1. The molecule has 3 heteroatoms. The van der Waals surface area contributed by atoms with Crippen LogP contribution in [0.1, 0.15) is 31.7 Å². The van der Waals surface area contributed by atoms with Gasteiger partial charge in [-0.25, -0.2) is 0 Å². The summed E-state index contributed by atoms with van der Waals surface area (Å²) >= 11 is 0. The average molecular weight is 258 g/mol. The van der Waals surface area contributed by atoms with Crippen molar-refractivity contribution in [2.75, 3.05) is 6.54 Å². The fourth-order valence-corrected chi connectivity index (χ4v) is 3.27. The fourth-order valence-electron chi connectivity index (χ4n) is 3.27. The van der Waals surface area contributed by atoms with Gasteiger partial charge in [0.05, 0.1) is 6.10 Å². The zero-order valence-electron chi connectivity index (χ0n) is 11.5. The summed E-state index contributed by atoms with van der Waals surface area (Å²) in [5.74, 6) is 0. The van der Waals surface area contributed by atoms with Crippen LogP contribution in [0, 0.1) is 0 Å². The molecule has 2 heterocycles. The van der Waals surface area contributed by atoms with E-state index in [2.05, 4.69) is 34.1 Å². The van der Waals surface area contributed by atoms with Gasteiger partial charge < -0.3 is 10.1 Å². The number of aromatic nitrogens is 1. The molecule has 102 valence electrons. The molecule has 0 saturated carbocycles. The third-order valence-corrected chi connectivity index (χ3v) is 4.28. The fraction of sp³-hybridized carbons (Fsp3) is 0.500. The summed E-state index contributed by atoms with van der Waals surface area (Å²) in [4.78, 5) is 5.70. The van der Waals surface area contributed by atoms with E-state index in [1.807, 2.05) is 13.1 Å². The molecule has 0 aliphatic carbocycles. The Labute approximate surface area is 114 Å².